The van der Waals surface area contributed by atoms with E-state index < -0.39 is 6.10 Å². The summed E-state index contributed by atoms with van der Waals surface area (Å²) >= 11 is 5.82. The maximum atomic E-state index is 9.12. The molecule has 0 aliphatic carbocycles. The van der Waals surface area contributed by atoms with E-state index in [4.69, 9.17) is 31.1 Å². The summed E-state index contributed by atoms with van der Waals surface area (Å²) in [4.78, 5) is 0. The monoisotopic (exact) mass is 243 g/mol. The molecule has 16 heavy (non-hydrogen) atoms. The standard InChI is InChI=1S/C10H10ClNO4/c11-6-1-2-9-8(3-6)10(12-16-9)15-5-7(14)4-13/h1-3,7,13-14H,4-5H2. The number of ether oxygens (including phenoxy) is 1. The maximum absolute atomic E-state index is 9.12. The van der Waals surface area contributed by atoms with Gasteiger partial charge in [-0.05, 0) is 23.4 Å². The SMILES string of the molecule is OCC(O)COc1noc2ccc(Cl)cc12. The quantitative estimate of drug-likeness (QED) is 0.844. The van der Waals surface area contributed by atoms with Crippen LogP contribution < -0.4 is 4.74 Å². The van der Waals surface area contributed by atoms with Crippen molar-refractivity contribution in [3.8, 4) is 5.88 Å². The molecule has 86 valence electrons. The lowest BCUT2D eigenvalue weighted by molar-refractivity contribution is 0.0514. The van der Waals surface area contributed by atoms with Gasteiger partial charge in [0, 0.05) is 5.02 Å². The van der Waals surface area contributed by atoms with E-state index in [0.717, 1.165) is 0 Å². The first-order valence-electron chi connectivity index (χ1n) is 4.67. The maximum Gasteiger partial charge on any atom is 0.262 e. The van der Waals surface area contributed by atoms with Crippen LogP contribution in [0.5, 0.6) is 5.88 Å². The molecule has 0 spiro atoms. The average Bonchev–Trinajstić information content (AvgIpc) is 2.68. The molecule has 1 aromatic carbocycles. The number of fused-ring (bicyclic) bond motifs is 1. The van der Waals surface area contributed by atoms with E-state index in [1.807, 2.05) is 0 Å². The molecule has 0 fully saturated rings. The minimum atomic E-state index is -0.939. The summed E-state index contributed by atoms with van der Waals surface area (Å²) in [6, 6.07) is 5.02. The number of nitrogens with zero attached hydrogens (tertiary/aromatic N) is 1. The minimum Gasteiger partial charge on any atom is -0.472 e. The largest absolute Gasteiger partial charge is 0.472 e. The zero-order valence-corrected chi connectivity index (χ0v) is 9.02. The fraction of sp³-hybridized carbons (Fsp3) is 0.300. The van der Waals surface area contributed by atoms with Gasteiger partial charge >= 0.3 is 0 Å². The number of benzene rings is 1. The first-order valence-corrected chi connectivity index (χ1v) is 5.05. The zero-order valence-electron chi connectivity index (χ0n) is 8.26. The van der Waals surface area contributed by atoms with Crippen LogP contribution >= 0.6 is 11.6 Å². The lowest BCUT2D eigenvalue weighted by Crippen LogP contribution is -2.21. The number of aliphatic hydroxyl groups excluding tert-OH is 2. The van der Waals surface area contributed by atoms with Crippen molar-refractivity contribution < 1.29 is 19.5 Å². The summed E-state index contributed by atoms with van der Waals surface area (Å²) < 4.78 is 10.2. The van der Waals surface area contributed by atoms with E-state index >= 15 is 0 Å². The molecule has 2 N–H and O–H groups in total. The number of hydrogen-bond donors (Lipinski definition) is 2. The normalized spacial score (nSPS) is 12.9. The lowest BCUT2D eigenvalue weighted by Gasteiger charge is -2.06. The first kappa shape index (κ1) is 11.2. The van der Waals surface area contributed by atoms with Crippen LogP contribution in [0.1, 0.15) is 0 Å². The smallest absolute Gasteiger partial charge is 0.262 e. The van der Waals surface area contributed by atoms with Crippen molar-refractivity contribution >= 4 is 22.6 Å². The lowest BCUT2D eigenvalue weighted by atomic mass is 10.2. The van der Waals surface area contributed by atoms with Gasteiger partial charge in [-0.2, -0.15) is 0 Å². The van der Waals surface area contributed by atoms with E-state index in [9.17, 15) is 0 Å². The van der Waals surface area contributed by atoms with Crippen LogP contribution in [0, 0.1) is 0 Å². The summed E-state index contributed by atoms with van der Waals surface area (Å²) in [6.45, 7) is -0.415. The Morgan fingerprint density at radius 2 is 2.31 bits per heavy atom. The van der Waals surface area contributed by atoms with Crippen LogP contribution in [0.3, 0.4) is 0 Å². The highest BCUT2D eigenvalue weighted by Crippen LogP contribution is 2.27. The van der Waals surface area contributed by atoms with Crippen LogP contribution in [0.15, 0.2) is 22.7 Å². The van der Waals surface area contributed by atoms with Crippen molar-refractivity contribution in [2.75, 3.05) is 13.2 Å². The molecule has 1 heterocycles. The van der Waals surface area contributed by atoms with Gasteiger partial charge in [0.15, 0.2) is 5.58 Å². The summed E-state index contributed by atoms with van der Waals surface area (Å²) in [5.74, 6) is 0.255. The van der Waals surface area contributed by atoms with E-state index in [2.05, 4.69) is 5.16 Å². The molecule has 2 aromatic rings. The van der Waals surface area contributed by atoms with Crippen LogP contribution in [-0.2, 0) is 0 Å². The van der Waals surface area contributed by atoms with Crippen molar-refractivity contribution in [3.05, 3.63) is 23.2 Å². The average molecular weight is 244 g/mol. The third-order valence-corrected chi connectivity index (χ3v) is 2.26. The Bertz CT molecular complexity index is 485. The zero-order chi connectivity index (χ0) is 11.5. The second kappa shape index (κ2) is 4.69. The Balaban J connectivity index is 2.21. The molecule has 0 saturated carbocycles. The highest BCUT2D eigenvalue weighted by molar-refractivity contribution is 6.31. The number of hydrogen-bond acceptors (Lipinski definition) is 5. The van der Waals surface area contributed by atoms with Gasteiger partial charge in [0.2, 0.25) is 0 Å². The molecular weight excluding hydrogens is 234 g/mol. The predicted molar refractivity (Wildman–Crippen MR) is 57.6 cm³/mol. The molecule has 0 saturated heterocycles. The van der Waals surface area contributed by atoms with Crippen LogP contribution in [0.2, 0.25) is 5.02 Å². The predicted octanol–water partition coefficient (Wildman–Crippen LogP) is 1.21. The second-order valence-corrected chi connectivity index (χ2v) is 3.71. The van der Waals surface area contributed by atoms with E-state index in [0.29, 0.717) is 16.0 Å². The van der Waals surface area contributed by atoms with Crippen LogP contribution in [0.4, 0.5) is 0 Å². The molecule has 1 unspecified atom stereocenters. The Labute approximate surface area is 96.2 Å². The minimum absolute atomic E-state index is 0.0509. The fourth-order valence-corrected chi connectivity index (χ4v) is 1.39. The van der Waals surface area contributed by atoms with Crippen molar-refractivity contribution in [2.45, 2.75) is 6.10 Å². The topological polar surface area (TPSA) is 75.7 Å². The van der Waals surface area contributed by atoms with Gasteiger partial charge in [-0.15, -0.1) is 0 Å². The highest BCUT2D eigenvalue weighted by atomic mass is 35.5. The third-order valence-electron chi connectivity index (χ3n) is 2.02. The highest BCUT2D eigenvalue weighted by Gasteiger charge is 2.11. The molecule has 0 bridgehead atoms. The van der Waals surface area contributed by atoms with Gasteiger partial charge in [-0.25, -0.2) is 0 Å². The Kier molecular flexibility index (Phi) is 3.28. The molecule has 0 aliphatic rings. The molecule has 1 aromatic heterocycles. The molecule has 0 radical (unpaired) electrons. The molecule has 2 rings (SSSR count). The van der Waals surface area contributed by atoms with Crippen molar-refractivity contribution in [2.24, 2.45) is 0 Å². The van der Waals surface area contributed by atoms with Gasteiger partial charge < -0.3 is 19.5 Å². The van der Waals surface area contributed by atoms with Gasteiger partial charge in [0.05, 0.1) is 12.0 Å². The van der Waals surface area contributed by atoms with Crippen molar-refractivity contribution in [3.63, 3.8) is 0 Å². The summed E-state index contributed by atoms with van der Waals surface area (Å²) in [5, 5.41) is 22.6. The number of aromatic nitrogens is 1. The van der Waals surface area contributed by atoms with Gasteiger partial charge in [-0.3, -0.25) is 0 Å². The number of halogens is 1. The van der Waals surface area contributed by atoms with Crippen LogP contribution in [-0.4, -0.2) is 34.7 Å². The molecule has 1 atom stereocenters. The van der Waals surface area contributed by atoms with Crippen molar-refractivity contribution in [1.29, 1.82) is 0 Å². The molecular formula is C10H10ClNO4. The summed E-state index contributed by atoms with van der Waals surface area (Å²) in [5.41, 5.74) is 0.554. The summed E-state index contributed by atoms with van der Waals surface area (Å²) in [6.07, 6.45) is -0.939. The molecule has 6 heteroatoms. The van der Waals surface area contributed by atoms with Gasteiger partial charge in [0.1, 0.15) is 12.7 Å². The number of aliphatic hydroxyl groups is 2. The molecule has 5 nitrogen and oxygen atoms in total. The van der Waals surface area contributed by atoms with Crippen molar-refractivity contribution in [1.82, 2.24) is 5.16 Å². The third kappa shape index (κ3) is 2.27. The Morgan fingerprint density at radius 1 is 1.50 bits per heavy atom. The molecule has 0 amide bonds. The fourth-order valence-electron chi connectivity index (χ4n) is 1.22. The van der Waals surface area contributed by atoms with Gasteiger partial charge in [-0.1, -0.05) is 11.6 Å². The second-order valence-electron chi connectivity index (χ2n) is 3.28. The first-order chi connectivity index (χ1) is 7.70. The van der Waals surface area contributed by atoms with E-state index in [1.54, 1.807) is 18.2 Å². The Morgan fingerprint density at radius 3 is 3.06 bits per heavy atom. The van der Waals surface area contributed by atoms with E-state index in [1.165, 1.54) is 0 Å². The van der Waals surface area contributed by atoms with Crippen LogP contribution in [0.25, 0.3) is 11.0 Å². The van der Waals surface area contributed by atoms with E-state index in [-0.39, 0.29) is 19.1 Å². The van der Waals surface area contributed by atoms with Gasteiger partial charge in [0.25, 0.3) is 5.88 Å². The number of rotatable bonds is 4. The summed E-state index contributed by atoms with van der Waals surface area (Å²) in [7, 11) is 0. The molecule has 0 aliphatic heterocycles. The Hall–Kier alpha value is -1.30.